The normalized spacial score (nSPS) is 17.4. The van der Waals surface area contributed by atoms with Crippen LogP contribution >= 0.6 is 0 Å². The van der Waals surface area contributed by atoms with Crippen LogP contribution < -0.4 is 14.7 Å². The minimum absolute atomic E-state index is 0.190. The zero-order valence-electron chi connectivity index (χ0n) is 31.3. The van der Waals surface area contributed by atoms with E-state index < -0.39 is 0 Å². The van der Waals surface area contributed by atoms with E-state index in [1.807, 2.05) is 0 Å². The van der Waals surface area contributed by atoms with Gasteiger partial charge in [0, 0.05) is 64.5 Å². The summed E-state index contributed by atoms with van der Waals surface area (Å²) in [5, 5.41) is 5.17. The standard InChI is InChI=1S/C52H38N4/c1-53-47-21-11-16-41-51-40-29-27-38(56-45-19-9-5-14-35(45)24-25-36-15-6-10-20-46(36)56)31-49(40)54(2)50(51)32-42(52(41)47)39-28-26-37(30-48(39)53)55-43-17-7-3-12-33(43)22-23-34-13-4-8-18-44(34)55/h3-33,43H,1-2H3. The third-order valence-corrected chi connectivity index (χ3v) is 12.6. The van der Waals surface area contributed by atoms with Crippen LogP contribution in [0.15, 0.2) is 164 Å². The average Bonchev–Trinajstić information content (AvgIpc) is 3.35. The molecule has 4 nitrogen and oxygen atoms in total. The lowest BCUT2D eigenvalue weighted by molar-refractivity contribution is 0.669. The summed E-state index contributed by atoms with van der Waals surface area (Å²) in [6, 6.07) is 49.8. The maximum Gasteiger partial charge on any atom is 0.0623 e. The van der Waals surface area contributed by atoms with E-state index in [0.717, 1.165) is 5.69 Å². The molecule has 2 unspecified atom stereocenters. The van der Waals surface area contributed by atoms with E-state index in [1.54, 1.807) is 0 Å². The second-order valence-corrected chi connectivity index (χ2v) is 15.5. The van der Waals surface area contributed by atoms with Gasteiger partial charge >= 0.3 is 0 Å². The highest BCUT2D eigenvalue weighted by Crippen LogP contribution is 2.53. The Bertz CT molecular complexity index is 3050. The van der Waals surface area contributed by atoms with Gasteiger partial charge < -0.3 is 19.3 Å². The average molecular weight is 719 g/mol. The minimum Gasteiger partial charge on any atom is -0.344 e. The molecule has 1 aliphatic carbocycles. The molecule has 56 heavy (non-hydrogen) atoms. The molecule has 1 aromatic heterocycles. The van der Waals surface area contributed by atoms with Crippen molar-refractivity contribution in [3.8, 4) is 11.1 Å². The number of anilines is 7. The van der Waals surface area contributed by atoms with Crippen molar-refractivity contribution >= 4 is 90.6 Å². The molecule has 0 saturated carbocycles. The third-order valence-electron chi connectivity index (χ3n) is 12.6. The van der Waals surface area contributed by atoms with Crippen molar-refractivity contribution in [2.45, 2.75) is 6.04 Å². The fourth-order valence-corrected chi connectivity index (χ4v) is 9.91. The molecule has 0 amide bonds. The molecule has 0 bridgehead atoms. The Hall–Kier alpha value is -7.04. The van der Waals surface area contributed by atoms with Crippen molar-refractivity contribution in [2.75, 3.05) is 21.7 Å². The predicted molar refractivity (Wildman–Crippen MR) is 238 cm³/mol. The maximum atomic E-state index is 2.53. The summed E-state index contributed by atoms with van der Waals surface area (Å²) >= 11 is 0. The monoisotopic (exact) mass is 718 g/mol. The van der Waals surface area contributed by atoms with E-state index >= 15 is 0 Å². The Labute approximate surface area is 326 Å². The Morgan fingerprint density at radius 3 is 1.91 bits per heavy atom. The summed E-state index contributed by atoms with van der Waals surface area (Å²) in [6.07, 6.45) is 18.2. The Kier molecular flexibility index (Phi) is 6.56. The zero-order chi connectivity index (χ0) is 37.1. The summed E-state index contributed by atoms with van der Waals surface area (Å²) in [4.78, 5) is 7.36. The summed E-state index contributed by atoms with van der Waals surface area (Å²) in [7, 11) is 4.46. The summed E-state index contributed by atoms with van der Waals surface area (Å²) < 4.78 is 2.40. The largest absolute Gasteiger partial charge is 0.344 e. The topological polar surface area (TPSA) is 14.7 Å². The van der Waals surface area contributed by atoms with Gasteiger partial charge in [-0.2, -0.15) is 0 Å². The van der Waals surface area contributed by atoms with E-state index in [4.69, 9.17) is 0 Å². The number of fused-ring (bicyclic) bond motifs is 10. The summed E-state index contributed by atoms with van der Waals surface area (Å²) in [5.74, 6) is 0.288. The molecule has 266 valence electrons. The van der Waals surface area contributed by atoms with Crippen molar-refractivity contribution < 1.29 is 0 Å². The van der Waals surface area contributed by atoms with Crippen LogP contribution in [0.2, 0.25) is 0 Å². The highest BCUT2D eigenvalue weighted by atomic mass is 15.2. The van der Waals surface area contributed by atoms with Crippen LogP contribution in [0.4, 0.5) is 39.8 Å². The Morgan fingerprint density at radius 2 is 1.12 bits per heavy atom. The highest BCUT2D eigenvalue weighted by molar-refractivity contribution is 6.28. The van der Waals surface area contributed by atoms with E-state index in [2.05, 4.69) is 215 Å². The third kappa shape index (κ3) is 4.35. The predicted octanol–water partition coefficient (Wildman–Crippen LogP) is 13.5. The van der Waals surface area contributed by atoms with E-state index in [1.165, 1.54) is 94.5 Å². The van der Waals surface area contributed by atoms with Crippen LogP contribution in [0.5, 0.6) is 0 Å². The van der Waals surface area contributed by atoms with Crippen LogP contribution in [0.1, 0.15) is 16.7 Å². The molecule has 3 aliphatic heterocycles. The van der Waals surface area contributed by atoms with Gasteiger partial charge in [-0.3, -0.25) is 0 Å². The number of hydrogen-bond acceptors (Lipinski definition) is 3. The van der Waals surface area contributed by atoms with E-state index in [9.17, 15) is 0 Å². The van der Waals surface area contributed by atoms with Crippen LogP contribution in [-0.2, 0) is 7.05 Å². The lowest BCUT2D eigenvalue weighted by Gasteiger charge is -2.37. The molecule has 0 spiro atoms. The smallest absolute Gasteiger partial charge is 0.0623 e. The van der Waals surface area contributed by atoms with Gasteiger partial charge in [0.05, 0.1) is 34.1 Å². The number of nitrogens with zero attached hydrogens (tertiary/aromatic N) is 4. The molecular weight excluding hydrogens is 681 g/mol. The number of aromatic nitrogens is 1. The van der Waals surface area contributed by atoms with Crippen molar-refractivity contribution in [3.63, 3.8) is 0 Å². The first-order chi connectivity index (χ1) is 27.6. The first-order valence-electron chi connectivity index (χ1n) is 19.6. The number of hydrogen-bond donors (Lipinski definition) is 0. The number of rotatable bonds is 2. The lowest BCUT2D eigenvalue weighted by atomic mass is 9.88. The molecule has 0 saturated heterocycles. The van der Waals surface area contributed by atoms with Gasteiger partial charge in [-0.25, -0.2) is 0 Å². The maximum absolute atomic E-state index is 2.53. The van der Waals surface area contributed by atoms with Crippen LogP contribution in [0.3, 0.4) is 0 Å². The molecule has 4 heterocycles. The molecule has 4 heteroatoms. The number of para-hydroxylation sites is 3. The van der Waals surface area contributed by atoms with Gasteiger partial charge in [0.2, 0.25) is 0 Å². The van der Waals surface area contributed by atoms with Crippen molar-refractivity contribution in [2.24, 2.45) is 13.0 Å². The fraction of sp³-hybridized carbons (Fsp3) is 0.0769. The number of allylic oxidation sites excluding steroid dienone is 2. The van der Waals surface area contributed by atoms with Crippen molar-refractivity contribution in [3.05, 3.63) is 181 Å². The number of benzene rings is 7. The van der Waals surface area contributed by atoms with Gasteiger partial charge in [-0.05, 0) is 82.2 Å². The van der Waals surface area contributed by atoms with Gasteiger partial charge in [-0.15, -0.1) is 0 Å². The molecule has 7 aromatic carbocycles. The Morgan fingerprint density at radius 1 is 0.446 bits per heavy atom. The van der Waals surface area contributed by atoms with E-state index in [-0.39, 0.29) is 12.0 Å². The molecule has 0 fully saturated rings. The van der Waals surface area contributed by atoms with Gasteiger partial charge in [0.15, 0.2) is 0 Å². The summed E-state index contributed by atoms with van der Waals surface area (Å²) in [5.41, 5.74) is 17.0. The first kappa shape index (κ1) is 31.3. The van der Waals surface area contributed by atoms with Gasteiger partial charge in [0.25, 0.3) is 0 Å². The molecular formula is C52H38N4. The van der Waals surface area contributed by atoms with E-state index in [0.29, 0.717) is 0 Å². The summed E-state index contributed by atoms with van der Waals surface area (Å²) in [6.45, 7) is 0. The molecule has 8 aromatic rings. The molecule has 0 radical (unpaired) electrons. The molecule has 4 aliphatic rings. The van der Waals surface area contributed by atoms with Crippen molar-refractivity contribution in [1.82, 2.24) is 4.57 Å². The van der Waals surface area contributed by atoms with Crippen LogP contribution in [0, 0.1) is 5.92 Å². The lowest BCUT2D eigenvalue weighted by Crippen LogP contribution is -2.35. The fourth-order valence-electron chi connectivity index (χ4n) is 9.91. The molecule has 12 rings (SSSR count). The second-order valence-electron chi connectivity index (χ2n) is 15.5. The van der Waals surface area contributed by atoms with Crippen LogP contribution in [0.25, 0.3) is 61.9 Å². The molecule has 0 N–H and O–H groups in total. The van der Waals surface area contributed by atoms with Gasteiger partial charge in [0.1, 0.15) is 0 Å². The van der Waals surface area contributed by atoms with Crippen LogP contribution in [-0.4, -0.2) is 17.7 Å². The second kappa shape index (κ2) is 11.7. The Balaban J connectivity index is 1.05. The zero-order valence-corrected chi connectivity index (χ0v) is 31.3. The minimum atomic E-state index is 0.190. The molecule has 2 atom stereocenters. The van der Waals surface area contributed by atoms with Gasteiger partial charge in [-0.1, -0.05) is 127 Å². The van der Waals surface area contributed by atoms with Crippen molar-refractivity contribution in [1.29, 1.82) is 0 Å². The highest BCUT2D eigenvalue weighted by Gasteiger charge is 2.32. The first-order valence-corrected chi connectivity index (χ1v) is 19.6. The SMILES string of the molecule is CN1c2cc(N3c4ccccc4C=CC4C=CC=CC43)ccc2-c2cc3c(c4cccc1c24)c1ccc(N2c4ccccc4C=Cc4ccccc42)cc1n3C. The number of aryl methyl sites for hydroxylation is 1. The quantitative estimate of drug-likeness (QED) is 0.177.